The lowest BCUT2D eigenvalue weighted by atomic mass is 10.1. The van der Waals surface area contributed by atoms with Gasteiger partial charge in [-0.15, -0.1) is 0 Å². The molecule has 0 aliphatic heterocycles. The van der Waals surface area contributed by atoms with Crippen LogP contribution in [0, 0.1) is 6.92 Å². The molecule has 5 aromatic rings. The highest BCUT2D eigenvalue weighted by Crippen LogP contribution is 2.25. The van der Waals surface area contributed by atoms with E-state index in [1.54, 1.807) is 29.6 Å². The Labute approximate surface area is 190 Å². The first-order valence-corrected chi connectivity index (χ1v) is 10.6. The van der Waals surface area contributed by atoms with E-state index in [9.17, 15) is 0 Å². The molecule has 3 aromatic heterocycles. The summed E-state index contributed by atoms with van der Waals surface area (Å²) < 4.78 is 7.79. The van der Waals surface area contributed by atoms with Crippen molar-refractivity contribution in [2.45, 2.75) is 19.9 Å². The van der Waals surface area contributed by atoms with Gasteiger partial charge < -0.3 is 10.1 Å². The highest BCUT2D eigenvalue weighted by atomic mass is 16.5. The van der Waals surface area contributed by atoms with E-state index < -0.39 is 0 Å². The van der Waals surface area contributed by atoms with Crippen LogP contribution in [-0.2, 0) is 13.0 Å². The second kappa shape index (κ2) is 9.39. The number of aryl methyl sites for hydroxylation is 1. The summed E-state index contributed by atoms with van der Waals surface area (Å²) in [5.41, 5.74) is 4.74. The van der Waals surface area contributed by atoms with E-state index >= 15 is 0 Å². The molecule has 3 heterocycles. The zero-order valence-corrected chi connectivity index (χ0v) is 18.1. The number of benzene rings is 2. The summed E-state index contributed by atoms with van der Waals surface area (Å²) in [5, 5.41) is 8.40. The molecule has 0 unspecified atom stereocenters. The Morgan fingerprint density at radius 2 is 2.00 bits per heavy atom. The monoisotopic (exact) mass is 438 g/mol. The van der Waals surface area contributed by atoms with Crippen molar-refractivity contribution in [3.63, 3.8) is 0 Å². The van der Waals surface area contributed by atoms with Crippen molar-refractivity contribution in [3.05, 3.63) is 90.7 Å². The third-order valence-electron chi connectivity index (χ3n) is 5.10. The Bertz CT molecular complexity index is 1360. The van der Waals surface area contributed by atoms with Gasteiger partial charge in [-0.1, -0.05) is 12.1 Å². The Hall–Kier alpha value is -4.40. The molecule has 0 fully saturated rings. The fraction of sp³-hybridized carbons (Fsp3) is 0.167. The third kappa shape index (κ3) is 5.09. The summed E-state index contributed by atoms with van der Waals surface area (Å²) in [7, 11) is 0. The molecule has 2 aromatic carbocycles. The second-order valence-electron chi connectivity index (χ2n) is 7.58. The Morgan fingerprint density at radius 3 is 2.85 bits per heavy atom. The molecule has 9 heteroatoms. The maximum absolute atomic E-state index is 6.01. The summed E-state index contributed by atoms with van der Waals surface area (Å²) in [5.74, 6) is 1.32. The maximum Gasteiger partial charge on any atom is 0.227 e. The zero-order valence-electron chi connectivity index (χ0n) is 18.1. The average Bonchev–Trinajstić information content (AvgIpc) is 3.34. The minimum atomic E-state index is 0.514. The van der Waals surface area contributed by atoms with Gasteiger partial charge in [-0.3, -0.25) is 9.97 Å². The molecule has 0 aliphatic carbocycles. The molecule has 0 atom stereocenters. The molecular weight excluding hydrogens is 416 g/mol. The molecule has 33 heavy (non-hydrogen) atoms. The van der Waals surface area contributed by atoms with Gasteiger partial charge in [0, 0.05) is 48.3 Å². The Morgan fingerprint density at radius 1 is 1.03 bits per heavy atom. The number of rotatable bonds is 8. The topological polar surface area (TPSA) is 104 Å². The molecule has 5 rings (SSSR count). The maximum atomic E-state index is 6.01. The molecule has 164 valence electrons. The molecule has 0 saturated carbocycles. The number of hydrogen-bond acceptors (Lipinski definition) is 8. The van der Waals surface area contributed by atoms with Gasteiger partial charge in [0.15, 0.2) is 0 Å². The van der Waals surface area contributed by atoms with Crippen LogP contribution in [0.2, 0.25) is 0 Å². The van der Waals surface area contributed by atoms with Gasteiger partial charge in [0.05, 0.1) is 24.4 Å². The number of fused-ring (bicyclic) bond motifs is 1. The predicted octanol–water partition coefficient (Wildman–Crippen LogP) is 3.73. The lowest BCUT2D eigenvalue weighted by Crippen LogP contribution is -2.04. The summed E-state index contributed by atoms with van der Waals surface area (Å²) in [6.07, 6.45) is 10.8. The molecule has 0 saturated heterocycles. The Balaban J connectivity index is 1.30. The number of nitrogens with zero attached hydrogens (tertiary/aromatic N) is 7. The summed E-state index contributed by atoms with van der Waals surface area (Å²) >= 11 is 0. The van der Waals surface area contributed by atoms with Gasteiger partial charge >= 0.3 is 0 Å². The van der Waals surface area contributed by atoms with Crippen LogP contribution in [0.3, 0.4) is 0 Å². The molecule has 1 N–H and O–H groups in total. The highest BCUT2D eigenvalue weighted by Gasteiger charge is 2.08. The molecule has 0 bridgehead atoms. The lowest BCUT2D eigenvalue weighted by molar-refractivity contribution is 0.318. The van der Waals surface area contributed by atoms with E-state index in [4.69, 9.17) is 9.72 Å². The van der Waals surface area contributed by atoms with E-state index in [1.165, 1.54) is 6.33 Å². The van der Waals surface area contributed by atoms with E-state index in [0.717, 1.165) is 39.2 Å². The van der Waals surface area contributed by atoms with Crippen molar-refractivity contribution in [1.29, 1.82) is 0 Å². The van der Waals surface area contributed by atoms with Gasteiger partial charge in [-0.05, 0) is 36.2 Å². The highest BCUT2D eigenvalue weighted by molar-refractivity contribution is 5.81. The van der Waals surface area contributed by atoms with Crippen molar-refractivity contribution in [2.75, 3.05) is 11.9 Å². The van der Waals surface area contributed by atoms with Gasteiger partial charge in [-0.2, -0.15) is 5.10 Å². The summed E-state index contributed by atoms with van der Waals surface area (Å²) in [4.78, 5) is 21.5. The standard InChI is InChI=1S/C24H22N8O/c1-17-9-19-12-28-24(30-20-4-2-3-18(10-20)14-32-16-26-15-29-32)31-22(19)11-23(17)33-8-5-21-13-25-6-7-27-21/h2-4,6-7,9-13,15-16H,5,8,14H2,1H3,(H,28,30,31). The van der Waals surface area contributed by atoms with Crippen LogP contribution in [0.1, 0.15) is 16.8 Å². The van der Waals surface area contributed by atoms with Gasteiger partial charge in [-0.25, -0.2) is 19.6 Å². The minimum absolute atomic E-state index is 0.514. The fourth-order valence-electron chi connectivity index (χ4n) is 3.49. The van der Waals surface area contributed by atoms with Gasteiger partial charge in [0.2, 0.25) is 5.95 Å². The zero-order chi connectivity index (χ0) is 22.5. The number of nitrogens with one attached hydrogen (secondary N) is 1. The van der Waals surface area contributed by atoms with Crippen LogP contribution < -0.4 is 10.1 Å². The first-order valence-electron chi connectivity index (χ1n) is 10.6. The molecule has 0 spiro atoms. The molecule has 0 amide bonds. The summed E-state index contributed by atoms with van der Waals surface area (Å²) in [6, 6.07) is 12.0. The van der Waals surface area contributed by atoms with Crippen LogP contribution in [0.4, 0.5) is 11.6 Å². The Kier molecular flexibility index (Phi) is 5.83. The van der Waals surface area contributed by atoms with Crippen molar-refractivity contribution in [1.82, 2.24) is 34.7 Å². The first-order chi connectivity index (χ1) is 16.2. The van der Waals surface area contributed by atoms with Crippen LogP contribution in [-0.4, -0.2) is 41.3 Å². The van der Waals surface area contributed by atoms with E-state index in [1.807, 2.05) is 49.5 Å². The average molecular weight is 438 g/mol. The third-order valence-corrected chi connectivity index (χ3v) is 5.10. The van der Waals surface area contributed by atoms with E-state index in [-0.39, 0.29) is 0 Å². The smallest absolute Gasteiger partial charge is 0.227 e. The molecular formula is C24H22N8O. The number of aromatic nitrogens is 7. The number of anilines is 2. The molecule has 0 radical (unpaired) electrons. The van der Waals surface area contributed by atoms with Crippen LogP contribution in [0.15, 0.2) is 73.8 Å². The van der Waals surface area contributed by atoms with E-state index in [2.05, 4.69) is 30.4 Å². The SMILES string of the molecule is Cc1cc2cnc(Nc3cccc(Cn4cncn4)c3)nc2cc1OCCc1cnccn1. The molecule has 9 nitrogen and oxygen atoms in total. The first kappa shape index (κ1) is 20.5. The lowest BCUT2D eigenvalue weighted by Gasteiger charge is -2.11. The van der Waals surface area contributed by atoms with Crippen molar-refractivity contribution in [2.24, 2.45) is 0 Å². The fourth-order valence-corrected chi connectivity index (χ4v) is 3.49. The number of ether oxygens (including phenoxy) is 1. The van der Waals surface area contributed by atoms with Gasteiger partial charge in [0.1, 0.15) is 18.4 Å². The molecule has 0 aliphatic rings. The second-order valence-corrected chi connectivity index (χ2v) is 7.58. The van der Waals surface area contributed by atoms with Crippen molar-refractivity contribution >= 4 is 22.5 Å². The number of hydrogen-bond donors (Lipinski definition) is 1. The van der Waals surface area contributed by atoms with Crippen LogP contribution >= 0.6 is 0 Å². The predicted molar refractivity (Wildman–Crippen MR) is 124 cm³/mol. The van der Waals surface area contributed by atoms with Crippen molar-refractivity contribution in [3.8, 4) is 5.75 Å². The van der Waals surface area contributed by atoms with Crippen molar-refractivity contribution < 1.29 is 4.74 Å². The minimum Gasteiger partial charge on any atom is -0.493 e. The summed E-state index contributed by atoms with van der Waals surface area (Å²) in [6.45, 7) is 3.17. The largest absolute Gasteiger partial charge is 0.493 e. The normalized spacial score (nSPS) is 10.9. The van der Waals surface area contributed by atoms with E-state index in [0.29, 0.717) is 25.5 Å². The quantitative estimate of drug-likeness (QED) is 0.391. The van der Waals surface area contributed by atoms with Crippen LogP contribution in [0.25, 0.3) is 10.9 Å². The van der Waals surface area contributed by atoms with Gasteiger partial charge in [0.25, 0.3) is 0 Å². The van der Waals surface area contributed by atoms with Crippen LogP contribution in [0.5, 0.6) is 5.75 Å².